The number of aromatic nitrogens is 1. The molecule has 0 aliphatic rings. The fourth-order valence-corrected chi connectivity index (χ4v) is 1.73. The molecule has 0 radical (unpaired) electrons. The minimum Gasteiger partial charge on any atom is -0.504 e. The molecule has 0 aliphatic carbocycles. The minimum atomic E-state index is -0.317. The van der Waals surface area contributed by atoms with Gasteiger partial charge in [-0.15, -0.1) is 0 Å². The van der Waals surface area contributed by atoms with E-state index in [0.29, 0.717) is 5.69 Å². The van der Waals surface area contributed by atoms with Crippen molar-refractivity contribution in [1.82, 2.24) is 4.98 Å². The summed E-state index contributed by atoms with van der Waals surface area (Å²) in [5.74, 6) is -0.201. The van der Waals surface area contributed by atoms with E-state index in [1.165, 1.54) is 12.0 Å². The summed E-state index contributed by atoms with van der Waals surface area (Å²) in [4.78, 5) is 17.7. The Morgan fingerprint density at radius 1 is 1.26 bits per heavy atom. The number of methoxy groups -OCH3 is 1. The largest absolute Gasteiger partial charge is 0.504 e. The number of hydrogen-bond donors (Lipinski definition) is 1. The van der Waals surface area contributed by atoms with Crippen LogP contribution in [0.4, 0.5) is 5.69 Å². The van der Waals surface area contributed by atoms with Crippen molar-refractivity contribution in [2.45, 2.75) is 0 Å². The van der Waals surface area contributed by atoms with Gasteiger partial charge < -0.3 is 14.7 Å². The van der Waals surface area contributed by atoms with Crippen LogP contribution in [0.3, 0.4) is 0 Å². The number of hydrogen-bond acceptors (Lipinski definition) is 4. The number of phenolic OH excluding ortho intramolecular Hbond substituents is 1. The van der Waals surface area contributed by atoms with Crippen molar-refractivity contribution in [3.8, 4) is 11.5 Å². The van der Waals surface area contributed by atoms with Crippen molar-refractivity contribution in [3.05, 3.63) is 48.3 Å². The number of anilines is 1. The van der Waals surface area contributed by atoms with Crippen molar-refractivity contribution in [2.24, 2.45) is 0 Å². The fraction of sp³-hybridized carbons (Fsp3) is 0.143. The molecule has 1 N–H and O–H groups in total. The van der Waals surface area contributed by atoms with Crippen LogP contribution in [0, 0.1) is 0 Å². The molecule has 0 bridgehead atoms. The first kappa shape index (κ1) is 12.9. The second-order valence-electron chi connectivity index (χ2n) is 3.93. The summed E-state index contributed by atoms with van der Waals surface area (Å²) < 4.78 is 4.99. The normalized spacial score (nSPS) is 10.0. The molecule has 5 nitrogen and oxygen atoms in total. The molecule has 1 aromatic carbocycles. The maximum absolute atomic E-state index is 12.3. The molecule has 0 saturated heterocycles. The van der Waals surface area contributed by atoms with Gasteiger partial charge in [-0.05, 0) is 24.3 Å². The molecule has 1 amide bonds. The lowest BCUT2D eigenvalue weighted by atomic mass is 10.1. The predicted octanol–water partition coefficient (Wildman–Crippen LogP) is 2.07. The van der Waals surface area contributed by atoms with E-state index in [4.69, 9.17) is 4.74 Å². The molecule has 0 aliphatic heterocycles. The third kappa shape index (κ3) is 2.49. The number of aromatic hydroxyl groups is 1. The number of rotatable bonds is 3. The number of ether oxygens (including phenoxy) is 1. The number of carbonyl (C=O) groups excluding carboxylic acids is 1. The molecule has 0 spiro atoms. The summed E-state index contributed by atoms with van der Waals surface area (Å²) in [6.45, 7) is 0. The van der Waals surface area contributed by atoms with E-state index in [1.54, 1.807) is 49.8 Å². The Morgan fingerprint density at radius 2 is 1.95 bits per heavy atom. The predicted molar refractivity (Wildman–Crippen MR) is 71.6 cm³/mol. The summed E-state index contributed by atoms with van der Waals surface area (Å²) in [6.07, 6.45) is 3.20. The Labute approximate surface area is 111 Å². The SMILES string of the molecule is COc1cccc(C(=O)N(C)c2ccncc2)c1O. The Morgan fingerprint density at radius 3 is 2.58 bits per heavy atom. The van der Waals surface area contributed by atoms with Gasteiger partial charge in [0.1, 0.15) is 0 Å². The van der Waals surface area contributed by atoms with Gasteiger partial charge in [-0.3, -0.25) is 9.78 Å². The number of pyridine rings is 1. The number of amides is 1. The van der Waals surface area contributed by atoms with Gasteiger partial charge in [0.25, 0.3) is 5.91 Å². The summed E-state index contributed by atoms with van der Waals surface area (Å²) >= 11 is 0. The van der Waals surface area contributed by atoms with E-state index in [-0.39, 0.29) is 23.0 Å². The molecule has 2 aromatic rings. The van der Waals surface area contributed by atoms with Crippen molar-refractivity contribution < 1.29 is 14.6 Å². The van der Waals surface area contributed by atoms with Crippen LogP contribution >= 0.6 is 0 Å². The molecule has 0 fully saturated rings. The topological polar surface area (TPSA) is 62.7 Å². The van der Waals surface area contributed by atoms with E-state index in [2.05, 4.69) is 4.98 Å². The molecule has 98 valence electrons. The number of benzene rings is 1. The molecule has 0 atom stereocenters. The quantitative estimate of drug-likeness (QED) is 0.915. The Kier molecular flexibility index (Phi) is 3.66. The first-order chi connectivity index (χ1) is 9.15. The Bertz CT molecular complexity index is 584. The van der Waals surface area contributed by atoms with Crippen molar-refractivity contribution >= 4 is 11.6 Å². The molecule has 19 heavy (non-hydrogen) atoms. The Balaban J connectivity index is 2.35. The monoisotopic (exact) mass is 258 g/mol. The molecule has 0 unspecified atom stereocenters. The zero-order chi connectivity index (χ0) is 13.8. The smallest absolute Gasteiger partial charge is 0.261 e. The molecule has 5 heteroatoms. The summed E-state index contributed by atoms with van der Waals surface area (Å²) in [6, 6.07) is 8.24. The summed E-state index contributed by atoms with van der Waals surface area (Å²) in [7, 11) is 3.08. The van der Waals surface area contributed by atoms with Gasteiger partial charge in [-0.1, -0.05) is 6.07 Å². The van der Waals surface area contributed by atoms with Crippen LogP contribution in [-0.4, -0.2) is 30.2 Å². The highest BCUT2D eigenvalue weighted by molar-refractivity contribution is 6.07. The highest BCUT2D eigenvalue weighted by atomic mass is 16.5. The highest BCUT2D eigenvalue weighted by Gasteiger charge is 2.19. The van der Waals surface area contributed by atoms with Gasteiger partial charge in [-0.25, -0.2) is 0 Å². The zero-order valence-corrected chi connectivity index (χ0v) is 10.7. The zero-order valence-electron chi connectivity index (χ0n) is 10.7. The van der Waals surface area contributed by atoms with Crippen molar-refractivity contribution in [2.75, 3.05) is 19.1 Å². The maximum atomic E-state index is 12.3. The van der Waals surface area contributed by atoms with E-state index < -0.39 is 0 Å². The number of carbonyl (C=O) groups is 1. The molecule has 1 heterocycles. The van der Waals surface area contributed by atoms with Gasteiger partial charge in [0.05, 0.1) is 12.7 Å². The van der Waals surface area contributed by atoms with E-state index in [9.17, 15) is 9.90 Å². The van der Waals surface area contributed by atoms with Gasteiger partial charge in [0.2, 0.25) is 0 Å². The van der Waals surface area contributed by atoms with Crippen LogP contribution < -0.4 is 9.64 Å². The minimum absolute atomic E-state index is 0.157. The molecule has 2 rings (SSSR count). The average Bonchev–Trinajstić information content (AvgIpc) is 2.47. The van der Waals surface area contributed by atoms with Crippen molar-refractivity contribution in [1.29, 1.82) is 0 Å². The first-order valence-corrected chi connectivity index (χ1v) is 5.69. The lowest BCUT2D eigenvalue weighted by Crippen LogP contribution is -2.26. The number of para-hydroxylation sites is 1. The fourth-order valence-electron chi connectivity index (χ4n) is 1.73. The van der Waals surface area contributed by atoms with E-state index in [0.717, 1.165) is 0 Å². The molecular weight excluding hydrogens is 244 g/mol. The molecule has 1 aromatic heterocycles. The first-order valence-electron chi connectivity index (χ1n) is 5.69. The lowest BCUT2D eigenvalue weighted by molar-refractivity contribution is 0.0990. The average molecular weight is 258 g/mol. The second kappa shape index (κ2) is 5.39. The highest BCUT2D eigenvalue weighted by Crippen LogP contribution is 2.30. The van der Waals surface area contributed by atoms with Gasteiger partial charge >= 0.3 is 0 Å². The maximum Gasteiger partial charge on any atom is 0.261 e. The third-order valence-electron chi connectivity index (χ3n) is 2.80. The Hall–Kier alpha value is -2.56. The van der Waals surface area contributed by atoms with Crippen LogP contribution in [0.25, 0.3) is 0 Å². The van der Waals surface area contributed by atoms with Crippen LogP contribution in [0.1, 0.15) is 10.4 Å². The third-order valence-corrected chi connectivity index (χ3v) is 2.80. The van der Waals surface area contributed by atoms with Crippen LogP contribution in [0.5, 0.6) is 11.5 Å². The van der Waals surface area contributed by atoms with Crippen molar-refractivity contribution in [3.63, 3.8) is 0 Å². The second-order valence-corrected chi connectivity index (χ2v) is 3.93. The van der Waals surface area contributed by atoms with E-state index in [1.807, 2.05) is 0 Å². The molecular formula is C14H14N2O3. The molecule has 0 saturated carbocycles. The van der Waals surface area contributed by atoms with Gasteiger partial charge in [0, 0.05) is 25.1 Å². The van der Waals surface area contributed by atoms with Crippen LogP contribution in [0.2, 0.25) is 0 Å². The van der Waals surface area contributed by atoms with Crippen LogP contribution in [0.15, 0.2) is 42.7 Å². The standard InChI is InChI=1S/C14H14N2O3/c1-16(10-6-8-15-9-7-10)14(18)11-4-3-5-12(19-2)13(11)17/h3-9,17H,1-2H3. The van der Waals surface area contributed by atoms with Gasteiger partial charge in [0.15, 0.2) is 11.5 Å². The number of phenols is 1. The summed E-state index contributed by atoms with van der Waals surface area (Å²) in [5.41, 5.74) is 0.890. The number of nitrogens with zero attached hydrogens (tertiary/aromatic N) is 2. The van der Waals surface area contributed by atoms with E-state index >= 15 is 0 Å². The summed E-state index contributed by atoms with van der Waals surface area (Å²) in [5, 5.41) is 9.97. The van der Waals surface area contributed by atoms with Gasteiger partial charge in [-0.2, -0.15) is 0 Å². The lowest BCUT2D eigenvalue weighted by Gasteiger charge is -2.18. The van der Waals surface area contributed by atoms with Crippen LogP contribution in [-0.2, 0) is 0 Å².